The Bertz CT molecular complexity index is 454. The molecule has 1 aliphatic rings. The van der Waals surface area contributed by atoms with Crippen molar-refractivity contribution in [2.24, 2.45) is 11.8 Å². The van der Waals surface area contributed by atoms with Crippen LogP contribution in [0.4, 0.5) is 11.4 Å². The Hall–Kier alpha value is -1.29. The molecule has 2 unspecified atom stereocenters. The molecule has 1 heterocycles. The maximum Gasteiger partial charge on any atom is 0.310 e. The van der Waals surface area contributed by atoms with Gasteiger partial charge in [-0.15, -0.1) is 0 Å². The van der Waals surface area contributed by atoms with E-state index < -0.39 is 0 Å². The summed E-state index contributed by atoms with van der Waals surface area (Å²) in [6, 6.07) is 5.13. The molecule has 1 aromatic carbocycles. The fraction of sp³-hybridized carbons (Fsp3) is 0.538. The Labute approximate surface area is 112 Å². The van der Waals surface area contributed by atoms with Crippen molar-refractivity contribution in [3.8, 4) is 0 Å². The van der Waals surface area contributed by atoms with Crippen LogP contribution in [0.25, 0.3) is 0 Å². The Balaban J connectivity index is 2.38. The molecule has 1 fully saturated rings. The number of nitro benzene ring substituents is 1. The predicted molar refractivity (Wildman–Crippen MR) is 73.3 cm³/mol. The van der Waals surface area contributed by atoms with Crippen LogP contribution in [0, 0.1) is 22.0 Å². The molecule has 0 radical (unpaired) electrons. The molecule has 2 rings (SSSR count). The molecule has 18 heavy (non-hydrogen) atoms. The van der Waals surface area contributed by atoms with E-state index in [0.717, 1.165) is 13.1 Å². The summed E-state index contributed by atoms with van der Waals surface area (Å²) in [5.74, 6) is 1.10. The second kappa shape index (κ2) is 5.14. The number of hydrogen-bond acceptors (Lipinski definition) is 3. The molecule has 0 aromatic heterocycles. The monoisotopic (exact) mass is 268 g/mol. The molecule has 0 aliphatic carbocycles. The number of nitrogens with zero attached hydrogens (tertiary/aromatic N) is 2. The molecular weight excluding hydrogens is 252 g/mol. The third kappa shape index (κ3) is 2.58. The number of hydrogen-bond donors (Lipinski definition) is 0. The van der Waals surface area contributed by atoms with Crippen LogP contribution in [-0.4, -0.2) is 18.0 Å². The van der Waals surface area contributed by atoms with Crippen LogP contribution in [0.15, 0.2) is 18.2 Å². The Morgan fingerprint density at radius 2 is 1.94 bits per heavy atom. The predicted octanol–water partition coefficient (Wildman–Crippen LogP) is 3.73. The standard InChI is InChI=1S/C13H17ClN2O2/c1-9-6-10(2)8-15(7-9)12-5-3-4-11(14)13(12)16(17)18/h3-5,9-10H,6-8H2,1-2H3. The second-order valence-electron chi connectivity index (χ2n) is 5.22. The zero-order valence-electron chi connectivity index (χ0n) is 10.6. The number of para-hydroxylation sites is 1. The number of rotatable bonds is 2. The summed E-state index contributed by atoms with van der Waals surface area (Å²) < 4.78 is 0. The number of anilines is 1. The van der Waals surface area contributed by atoms with E-state index in [2.05, 4.69) is 18.7 Å². The lowest BCUT2D eigenvalue weighted by atomic mass is 9.91. The van der Waals surface area contributed by atoms with E-state index in [-0.39, 0.29) is 15.6 Å². The molecule has 98 valence electrons. The Morgan fingerprint density at radius 3 is 2.50 bits per heavy atom. The highest BCUT2D eigenvalue weighted by molar-refractivity contribution is 6.33. The van der Waals surface area contributed by atoms with Crippen molar-refractivity contribution in [1.82, 2.24) is 0 Å². The first-order valence-corrected chi connectivity index (χ1v) is 6.54. The lowest BCUT2D eigenvalue weighted by molar-refractivity contribution is -0.384. The Morgan fingerprint density at radius 1 is 1.33 bits per heavy atom. The zero-order chi connectivity index (χ0) is 13.3. The van der Waals surface area contributed by atoms with E-state index in [9.17, 15) is 10.1 Å². The summed E-state index contributed by atoms with van der Waals surface area (Å²) in [7, 11) is 0. The molecule has 0 bridgehead atoms. The molecule has 0 N–H and O–H groups in total. The first-order valence-electron chi connectivity index (χ1n) is 6.17. The lowest BCUT2D eigenvalue weighted by Gasteiger charge is -2.36. The summed E-state index contributed by atoms with van der Waals surface area (Å²) in [4.78, 5) is 12.8. The molecule has 5 heteroatoms. The maximum atomic E-state index is 11.1. The van der Waals surface area contributed by atoms with Gasteiger partial charge in [0.05, 0.1) is 4.92 Å². The van der Waals surface area contributed by atoms with Crippen LogP contribution in [0.5, 0.6) is 0 Å². The van der Waals surface area contributed by atoms with Crippen molar-refractivity contribution in [2.75, 3.05) is 18.0 Å². The van der Waals surface area contributed by atoms with E-state index in [1.807, 2.05) is 0 Å². The summed E-state index contributed by atoms with van der Waals surface area (Å²) >= 11 is 5.95. The van der Waals surface area contributed by atoms with Gasteiger partial charge in [0.25, 0.3) is 0 Å². The average molecular weight is 269 g/mol. The van der Waals surface area contributed by atoms with Crippen molar-refractivity contribution in [1.29, 1.82) is 0 Å². The van der Waals surface area contributed by atoms with E-state index in [0.29, 0.717) is 17.5 Å². The van der Waals surface area contributed by atoms with Crippen molar-refractivity contribution >= 4 is 23.0 Å². The summed E-state index contributed by atoms with van der Waals surface area (Å²) in [5.41, 5.74) is 0.673. The van der Waals surface area contributed by atoms with Crippen LogP contribution in [0.2, 0.25) is 5.02 Å². The summed E-state index contributed by atoms with van der Waals surface area (Å²) in [6.07, 6.45) is 1.17. The molecular formula is C13H17ClN2O2. The van der Waals surface area contributed by atoms with Crippen molar-refractivity contribution in [2.45, 2.75) is 20.3 Å². The lowest BCUT2D eigenvalue weighted by Crippen LogP contribution is -2.39. The minimum atomic E-state index is -0.387. The highest BCUT2D eigenvalue weighted by atomic mass is 35.5. The first kappa shape index (κ1) is 13.1. The average Bonchev–Trinajstić information content (AvgIpc) is 2.26. The molecule has 4 nitrogen and oxygen atoms in total. The van der Waals surface area contributed by atoms with Gasteiger partial charge in [0.15, 0.2) is 0 Å². The van der Waals surface area contributed by atoms with Crippen LogP contribution in [-0.2, 0) is 0 Å². The molecule has 1 aromatic rings. The van der Waals surface area contributed by atoms with Crippen molar-refractivity contribution < 1.29 is 4.92 Å². The van der Waals surface area contributed by atoms with Crippen molar-refractivity contribution in [3.05, 3.63) is 33.3 Å². The number of halogens is 1. The molecule has 0 spiro atoms. The highest BCUT2D eigenvalue weighted by Crippen LogP contribution is 2.37. The highest BCUT2D eigenvalue weighted by Gasteiger charge is 2.28. The Kier molecular flexibility index (Phi) is 3.76. The fourth-order valence-corrected chi connectivity index (χ4v) is 3.04. The summed E-state index contributed by atoms with van der Waals surface area (Å²) in [6.45, 7) is 6.06. The first-order chi connectivity index (χ1) is 8.49. The topological polar surface area (TPSA) is 46.4 Å². The molecule has 0 saturated carbocycles. The van der Waals surface area contributed by atoms with E-state index >= 15 is 0 Å². The fourth-order valence-electron chi connectivity index (χ4n) is 2.80. The van der Waals surface area contributed by atoms with Crippen LogP contribution >= 0.6 is 11.6 Å². The largest absolute Gasteiger partial charge is 0.365 e. The van der Waals surface area contributed by atoms with E-state index in [1.165, 1.54) is 6.42 Å². The van der Waals surface area contributed by atoms with Gasteiger partial charge in [-0.25, -0.2) is 0 Å². The van der Waals surface area contributed by atoms with Gasteiger partial charge < -0.3 is 4.90 Å². The normalized spacial score (nSPS) is 24.1. The molecule has 2 atom stereocenters. The zero-order valence-corrected chi connectivity index (χ0v) is 11.4. The second-order valence-corrected chi connectivity index (χ2v) is 5.62. The maximum absolute atomic E-state index is 11.1. The smallest absolute Gasteiger partial charge is 0.310 e. The van der Waals surface area contributed by atoms with Gasteiger partial charge in [-0.05, 0) is 30.4 Å². The molecule has 1 aliphatic heterocycles. The minimum absolute atomic E-state index is 0.0282. The van der Waals surface area contributed by atoms with Gasteiger partial charge >= 0.3 is 5.69 Å². The van der Waals surface area contributed by atoms with Crippen LogP contribution < -0.4 is 4.90 Å². The van der Waals surface area contributed by atoms with E-state index in [4.69, 9.17) is 11.6 Å². The third-order valence-corrected chi connectivity index (χ3v) is 3.66. The number of benzene rings is 1. The SMILES string of the molecule is CC1CC(C)CN(c2cccc(Cl)c2[N+](=O)[O-])C1. The van der Waals surface area contributed by atoms with Crippen LogP contribution in [0.3, 0.4) is 0 Å². The van der Waals surface area contributed by atoms with Crippen molar-refractivity contribution in [3.63, 3.8) is 0 Å². The number of nitro groups is 1. The van der Waals surface area contributed by atoms with Gasteiger partial charge in [0.1, 0.15) is 10.7 Å². The van der Waals surface area contributed by atoms with Crippen LogP contribution in [0.1, 0.15) is 20.3 Å². The third-order valence-electron chi connectivity index (χ3n) is 3.36. The van der Waals surface area contributed by atoms with Gasteiger partial charge in [-0.1, -0.05) is 31.5 Å². The van der Waals surface area contributed by atoms with Gasteiger partial charge in [0.2, 0.25) is 0 Å². The van der Waals surface area contributed by atoms with E-state index in [1.54, 1.807) is 18.2 Å². The minimum Gasteiger partial charge on any atom is -0.365 e. The quantitative estimate of drug-likeness (QED) is 0.606. The van der Waals surface area contributed by atoms with Gasteiger partial charge in [-0.3, -0.25) is 10.1 Å². The van der Waals surface area contributed by atoms with Gasteiger partial charge in [0, 0.05) is 13.1 Å². The molecule has 1 saturated heterocycles. The summed E-state index contributed by atoms with van der Waals surface area (Å²) in [5, 5.41) is 11.4. The number of piperidine rings is 1. The molecule has 0 amide bonds. The van der Waals surface area contributed by atoms with Gasteiger partial charge in [-0.2, -0.15) is 0 Å².